The first-order chi connectivity index (χ1) is 34.0. The molecule has 0 saturated heterocycles. The molecule has 0 aliphatic carbocycles. The van der Waals surface area contributed by atoms with E-state index in [0.29, 0.717) is 19.3 Å². The molecule has 0 aromatic heterocycles. The summed E-state index contributed by atoms with van der Waals surface area (Å²) in [4.78, 5) is 38.1. The molecular formula is C63H106O6. The Kier molecular flexibility index (Phi) is 53.9. The molecule has 0 aromatic carbocycles. The summed E-state index contributed by atoms with van der Waals surface area (Å²) < 4.78 is 16.8. The van der Waals surface area contributed by atoms with E-state index in [1.165, 1.54) is 128 Å². The van der Waals surface area contributed by atoms with Crippen molar-refractivity contribution in [2.24, 2.45) is 0 Å². The van der Waals surface area contributed by atoms with Gasteiger partial charge in [-0.05, 0) is 109 Å². The lowest BCUT2D eigenvalue weighted by atomic mass is 10.1. The van der Waals surface area contributed by atoms with Gasteiger partial charge in [0.1, 0.15) is 13.2 Å². The first-order valence-corrected chi connectivity index (χ1v) is 28.7. The third-order valence-corrected chi connectivity index (χ3v) is 12.1. The van der Waals surface area contributed by atoms with Crippen molar-refractivity contribution >= 4 is 17.9 Å². The van der Waals surface area contributed by atoms with Crippen molar-refractivity contribution in [3.8, 4) is 0 Å². The normalized spacial score (nSPS) is 12.8. The zero-order chi connectivity index (χ0) is 50.0. The Morgan fingerprint density at radius 2 is 0.594 bits per heavy atom. The van der Waals surface area contributed by atoms with Crippen molar-refractivity contribution in [1.82, 2.24) is 0 Å². The van der Waals surface area contributed by atoms with Crippen LogP contribution < -0.4 is 0 Å². The van der Waals surface area contributed by atoms with Gasteiger partial charge >= 0.3 is 17.9 Å². The van der Waals surface area contributed by atoms with E-state index in [9.17, 15) is 14.4 Å². The summed E-state index contributed by atoms with van der Waals surface area (Å²) in [6.07, 6.45) is 75.5. The van der Waals surface area contributed by atoms with Gasteiger partial charge in [-0.15, -0.1) is 0 Å². The molecule has 0 radical (unpaired) electrons. The summed E-state index contributed by atoms with van der Waals surface area (Å²) in [5.74, 6) is -1.00. The highest BCUT2D eigenvalue weighted by molar-refractivity contribution is 5.71. The fourth-order valence-electron chi connectivity index (χ4n) is 7.75. The Balaban J connectivity index is 4.49. The minimum Gasteiger partial charge on any atom is -0.462 e. The van der Waals surface area contributed by atoms with Crippen LogP contribution in [0.5, 0.6) is 0 Å². The first kappa shape index (κ1) is 65.3. The zero-order valence-electron chi connectivity index (χ0n) is 45.0. The average molecular weight is 960 g/mol. The summed E-state index contributed by atoms with van der Waals surface area (Å²) in [5.41, 5.74) is 0. The highest BCUT2D eigenvalue weighted by atomic mass is 16.6. The van der Waals surface area contributed by atoms with Crippen molar-refractivity contribution in [3.63, 3.8) is 0 Å². The lowest BCUT2D eigenvalue weighted by Crippen LogP contribution is -2.30. The second kappa shape index (κ2) is 56.9. The molecule has 0 unspecified atom stereocenters. The number of esters is 3. The molecule has 0 N–H and O–H groups in total. The highest BCUT2D eigenvalue weighted by Gasteiger charge is 2.19. The van der Waals surface area contributed by atoms with Crippen molar-refractivity contribution in [1.29, 1.82) is 0 Å². The molecule has 0 amide bonds. The lowest BCUT2D eigenvalue weighted by Gasteiger charge is -2.18. The average Bonchev–Trinajstić information content (AvgIpc) is 3.35. The highest BCUT2D eigenvalue weighted by Crippen LogP contribution is 2.14. The van der Waals surface area contributed by atoms with Gasteiger partial charge in [0.15, 0.2) is 6.10 Å². The number of ether oxygens (including phenoxy) is 3. The first-order valence-electron chi connectivity index (χ1n) is 28.7. The number of allylic oxidation sites excluding steroid dienone is 16. The molecule has 0 spiro atoms. The van der Waals surface area contributed by atoms with E-state index in [0.717, 1.165) is 89.9 Å². The predicted octanol–water partition coefficient (Wildman–Crippen LogP) is 19.3. The maximum atomic E-state index is 12.9. The van der Waals surface area contributed by atoms with Gasteiger partial charge in [0.2, 0.25) is 0 Å². The Hall–Kier alpha value is -3.67. The summed E-state index contributed by atoms with van der Waals surface area (Å²) in [6.45, 7) is 6.44. The fourth-order valence-corrected chi connectivity index (χ4v) is 7.75. The lowest BCUT2D eigenvalue weighted by molar-refractivity contribution is -0.166. The standard InChI is InChI=1S/C63H106O6/c1-4-7-10-13-16-19-22-25-27-29-31-33-35-38-41-44-47-50-53-56-62(65)68-59-60(58-67-61(64)55-52-49-46-43-40-37-24-21-18-15-12-9-6-3)69-63(66)57-54-51-48-45-42-39-36-34-32-30-28-26-23-20-17-14-11-8-5-2/h7,10,16,19,21,24-28,31,33,38,41,47,50,60H,4-6,8-9,11-15,17-18,20,22-23,29-30,32,34-37,39-40,42-46,48-49,51-59H2,1-3H3/b10-7-,19-16-,24-21-,27-25-,28-26-,33-31-,41-38-,50-47-/t60-/m1/s1. The maximum Gasteiger partial charge on any atom is 0.306 e. The van der Waals surface area contributed by atoms with Gasteiger partial charge in [-0.1, -0.05) is 234 Å². The van der Waals surface area contributed by atoms with E-state index < -0.39 is 6.10 Å². The fraction of sp³-hybridized carbons (Fsp3) is 0.698. The predicted molar refractivity (Wildman–Crippen MR) is 297 cm³/mol. The minimum absolute atomic E-state index is 0.106. The second-order valence-corrected chi connectivity index (χ2v) is 18.8. The van der Waals surface area contributed by atoms with Crippen molar-refractivity contribution in [2.75, 3.05) is 13.2 Å². The van der Waals surface area contributed by atoms with Crippen LogP contribution in [0.3, 0.4) is 0 Å². The van der Waals surface area contributed by atoms with Crippen LogP contribution in [-0.2, 0) is 28.6 Å². The molecule has 1 atom stereocenters. The van der Waals surface area contributed by atoms with Crippen molar-refractivity contribution < 1.29 is 28.6 Å². The van der Waals surface area contributed by atoms with Crippen LogP contribution in [0.2, 0.25) is 0 Å². The molecule has 0 heterocycles. The molecule has 0 bridgehead atoms. The van der Waals surface area contributed by atoms with Gasteiger partial charge < -0.3 is 14.2 Å². The zero-order valence-corrected chi connectivity index (χ0v) is 45.0. The summed E-state index contributed by atoms with van der Waals surface area (Å²) >= 11 is 0. The second-order valence-electron chi connectivity index (χ2n) is 18.8. The van der Waals surface area contributed by atoms with Gasteiger partial charge in [-0.2, -0.15) is 0 Å². The third kappa shape index (κ3) is 55.1. The molecule has 0 fully saturated rings. The van der Waals surface area contributed by atoms with Gasteiger partial charge in [0.25, 0.3) is 0 Å². The topological polar surface area (TPSA) is 78.9 Å². The maximum absolute atomic E-state index is 12.9. The Bertz CT molecular complexity index is 1380. The molecule has 394 valence electrons. The SMILES string of the molecule is CC/C=C\C/C=C\C/C=C\C/C=C\C/C=C\C/C=C\CCC(=O)OC[C@@H](COC(=O)CCCCCCC/C=C\CCCCCC)OC(=O)CCCCCCCCCCC/C=C\CCCCCCCC. The van der Waals surface area contributed by atoms with Crippen LogP contribution >= 0.6 is 0 Å². The smallest absolute Gasteiger partial charge is 0.306 e. The van der Waals surface area contributed by atoms with E-state index in [4.69, 9.17) is 14.2 Å². The van der Waals surface area contributed by atoms with Gasteiger partial charge in [0.05, 0.1) is 0 Å². The van der Waals surface area contributed by atoms with Crippen molar-refractivity contribution in [3.05, 3.63) is 97.2 Å². The molecule has 0 rings (SSSR count). The molecule has 0 aliphatic heterocycles. The third-order valence-electron chi connectivity index (χ3n) is 12.1. The van der Waals surface area contributed by atoms with Crippen LogP contribution in [0.1, 0.15) is 265 Å². The quantitative estimate of drug-likeness (QED) is 0.0262. The van der Waals surface area contributed by atoms with E-state index >= 15 is 0 Å². The monoisotopic (exact) mass is 959 g/mol. The molecule has 6 heteroatoms. The van der Waals surface area contributed by atoms with Gasteiger partial charge in [-0.25, -0.2) is 0 Å². The number of carbonyl (C=O) groups is 3. The number of hydrogen-bond donors (Lipinski definition) is 0. The number of hydrogen-bond acceptors (Lipinski definition) is 6. The summed E-state index contributed by atoms with van der Waals surface area (Å²) in [7, 11) is 0. The van der Waals surface area contributed by atoms with Gasteiger partial charge in [0, 0.05) is 19.3 Å². The molecule has 69 heavy (non-hydrogen) atoms. The Morgan fingerprint density at radius 3 is 0.986 bits per heavy atom. The Labute approximate surface area is 426 Å². The molecule has 0 aliphatic rings. The molecule has 0 aromatic rings. The number of carbonyl (C=O) groups excluding carboxylic acids is 3. The van der Waals surface area contributed by atoms with Gasteiger partial charge in [-0.3, -0.25) is 14.4 Å². The molecular weight excluding hydrogens is 853 g/mol. The van der Waals surface area contributed by atoms with E-state index in [-0.39, 0.29) is 37.5 Å². The van der Waals surface area contributed by atoms with E-state index in [1.54, 1.807) is 0 Å². The number of rotatable bonds is 51. The van der Waals surface area contributed by atoms with Crippen LogP contribution in [0.4, 0.5) is 0 Å². The van der Waals surface area contributed by atoms with E-state index in [2.05, 4.69) is 112 Å². The van der Waals surface area contributed by atoms with E-state index in [1.807, 2.05) is 6.08 Å². The molecule has 0 saturated carbocycles. The minimum atomic E-state index is -0.813. The number of unbranched alkanes of at least 4 members (excludes halogenated alkanes) is 24. The summed E-state index contributed by atoms with van der Waals surface area (Å²) in [6, 6.07) is 0. The van der Waals surface area contributed by atoms with Crippen LogP contribution in [0.25, 0.3) is 0 Å². The molecule has 6 nitrogen and oxygen atoms in total. The van der Waals surface area contributed by atoms with Crippen LogP contribution in [0.15, 0.2) is 97.2 Å². The van der Waals surface area contributed by atoms with Crippen LogP contribution in [0, 0.1) is 0 Å². The largest absolute Gasteiger partial charge is 0.462 e. The Morgan fingerprint density at radius 1 is 0.304 bits per heavy atom. The van der Waals surface area contributed by atoms with Crippen molar-refractivity contribution in [2.45, 2.75) is 271 Å². The van der Waals surface area contributed by atoms with Crippen LogP contribution in [-0.4, -0.2) is 37.2 Å². The summed E-state index contributed by atoms with van der Waals surface area (Å²) in [5, 5.41) is 0.